The summed E-state index contributed by atoms with van der Waals surface area (Å²) in [5.74, 6) is 0. The minimum absolute atomic E-state index is 0.0523. The molecular weight excluding hydrogens is 380 g/mol. The number of hydrogen-bond donors (Lipinski definition) is 2. The van der Waals surface area contributed by atoms with Gasteiger partial charge in [0, 0.05) is 22.7 Å². The summed E-state index contributed by atoms with van der Waals surface area (Å²) in [5.41, 5.74) is 5.56. The van der Waals surface area contributed by atoms with E-state index in [1.807, 2.05) is 11.8 Å². The molecule has 1 fully saturated rings. The normalized spacial score (nSPS) is 23.9. The van der Waals surface area contributed by atoms with Crippen molar-refractivity contribution in [2.45, 2.75) is 48.4 Å². The zero-order valence-electron chi connectivity index (χ0n) is 11.3. The van der Waals surface area contributed by atoms with Gasteiger partial charge < -0.3 is 5.73 Å². The number of nitrogens with one attached hydrogen (secondary N) is 1. The second kappa shape index (κ2) is 7.11. The summed E-state index contributed by atoms with van der Waals surface area (Å²) in [4.78, 5) is 1.18. The van der Waals surface area contributed by atoms with Crippen molar-refractivity contribution in [1.82, 2.24) is 4.72 Å². The van der Waals surface area contributed by atoms with Crippen LogP contribution >= 0.6 is 39.0 Å². The van der Waals surface area contributed by atoms with Crippen LogP contribution in [0.15, 0.2) is 14.7 Å². The average molecular weight is 399 g/mol. The molecule has 2 rings (SSSR count). The van der Waals surface area contributed by atoms with Crippen LogP contribution in [0.2, 0.25) is 0 Å². The lowest BCUT2D eigenvalue weighted by Crippen LogP contribution is -2.38. The van der Waals surface area contributed by atoms with E-state index in [-0.39, 0.29) is 6.04 Å². The molecule has 1 saturated carbocycles. The number of thiophene rings is 1. The minimum atomic E-state index is -3.45. The monoisotopic (exact) mass is 398 g/mol. The van der Waals surface area contributed by atoms with E-state index in [1.54, 1.807) is 6.07 Å². The Kier molecular flexibility index (Phi) is 5.96. The molecule has 0 saturated heterocycles. The molecule has 1 heterocycles. The Balaban J connectivity index is 2.06. The van der Waals surface area contributed by atoms with E-state index in [2.05, 4.69) is 26.9 Å². The van der Waals surface area contributed by atoms with Gasteiger partial charge in [0.25, 0.3) is 0 Å². The van der Waals surface area contributed by atoms with Gasteiger partial charge in [0.15, 0.2) is 0 Å². The molecule has 20 heavy (non-hydrogen) atoms. The first-order valence-electron chi connectivity index (χ1n) is 6.49. The van der Waals surface area contributed by atoms with Crippen molar-refractivity contribution in [3.8, 4) is 0 Å². The molecule has 0 spiro atoms. The van der Waals surface area contributed by atoms with Crippen molar-refractivity contribution >= 4 is 49.1 Å². The van der Waals surface area contributed by atoms with Crippen LogP contribution in [-0.4, -0.2) is 26.0 Å². The van der Waals surface area contributed by atoms with Crippen LogP contribution in [0.4, 0.5) is 0 Å². The predicted octanol–water partition coefficient (Wildman–Crippen LogP) is 2.92. The van der Waals surface area contributed by atoms with Gasteiger partial charge in [-0.25, -0.2) is 13.1 Å². The van der Waals surface area contributed by atoms with Crippen LogP contribution in [0.1, 0.15) is 30.6 Å². The van der Waals surface area contributed by atoms with Crippen LogP contribution in [0, 0.1) is 0 Å². The second-order valence-electron chi connectivity index (χ2n) is 4.89. The van der Waals surface area contributed by atoms with Gasteiger partial charge in [0.1, 0.15) is 4.90 Å². The number of hydrogen-bond acceptors (Lipinski definition) is 5. The number of thioether (sulfide) groups is 1. The van der Waals surface area contributed by atoms with E-state index in [4.69, 9.17) is 5.73 Å². The van der Waals surface area contributed by atoms with Gasteiger partial charge in [-0.2, -0.15) is 11.8 Å². The molecule has 4 nitrogen and oxygen atoms in total. The standard InChI is InChI=1S/C12H19BrN2O2S3/c1-18-9-4-2-8(3-5-9)15-20(16,17)11-6-10(7-14)19-12(11)13/h6,8-9,15H,2-5,7,14H2,1H3. The Morgan fingerprint density at radius 3 is 2.60 bits per heavy atom. The fourth-order valence-electron chi connectivity index (χ4n) is 2.38. The van der Waals surface area contributed by atoms with E-state index in [0.29, 0.717) is 20.5 Å². The van der Waals surface area contributed by atoms with Crippen molar-refractivity contribution < 1.29 is 8.42 Å². The van der Waals surface area contributed by atoms with Gasteiger partial charge in [-0.15, -0.1) is 11.3 Å². The second-order valence-corrected chi connectivity index (χ2v) is 10.2. The maximum atomic E-state index is 12.4. The van der Waals surface area contributed by atoms with Gasteiger partial charge in [0.2, 0.25) is 10.0 Å². The van der Waals surface area contributed by atoms with Crippen molar-refractivity contribution in [1.29, 1.82) is 0 Å². The molecule has 3 N–H and O–H groups in total. The first-order valence-corrected chi connectivity index (χ1v) is 10.9. The Labute approximate surface area is 137 Å². The van der Waals surface area contributed by atoms with E-state index in [0.717, 1.165) is 30.6 Å². The third kappa shape index (κ3) is 3.98. The molecule has 0 amide bonds. The van der Waals surface area contributed by atoms with Crippen LogP contribution in [0.5, 0.6) is 0 Å². The highest BCUT2D eigenvalue weighted by Gasteiger charge is 2.27. The Morgan fingerprint density at radius 1 is 1.45 bits per heavy atom. The lowest BCUT2D eigenvalue weighted by molar-refractivity contribution is 0.420. The summed E-state index contributed by atoms with van der Waals surface area (Å²) < 4.78 is 28.3. The molecule has 8 heteroatoms. The molecule has 0 unspecified atom stereocenters. The fraction of sp³-hybridized carbons (Fsp3) is 0.667. The van der Waals surface area contributed by atoms with E-state index >= 15 is 0 Å². The first-order chi connectivity index (χ1) is 9.46. The largest absolute Gasteiger partial charge is 0.326 e. The summed E-state index contributed by atoms with van der Waals surface area (Å²) >= 11 is 6.57. The predicted molar refractivity (Wildman–Crippen MR) is 89.8 cm³/mol. The zero-order valence-corrected chi connectivity index (χ0v) is 15.3. The maximum Gasteiger partial charge on any atom is 0.242 e. The van der Waals surface area contributed by atoms with Gasteiger partial charge >= 0.3 is 0 Å². The van der Waals surface area contributed by atoms with Gasteiger partial charge in [-0.3, -0.25) is 0 Å². The van der Waals surface area contributed by atoms with Crippen LogP contribution < -0.4 is 10.5 Å². The molecule has 1 aromatic heterocycles. The summed E-state index contributed by atoms with van der Waals surface area (Å²) in [7, 11) is -3.45. The smallest absolute Gasteiger partial charge is 0.242 e. The highest BCUT2D eigenvalue weighted by Crippen LogP contribution is 2.33. The van der Waals surface area contributed by atoms with E-state index in [9.17, 15) is 8.42 Å². The topological polar surface area (TPSA) is 72.2 Å². The Hall–Kier alpha value is 0.400. The van der Waals surface area contributed by atoms with E-state index < -0.39 is 10.0 Å². The van der Waals surface area contributed by atoms with Gasteiger partial charge in [0.05, 0.1) is 3.79 Å². The summed E-state index contributed by atoms with van der Waals surface area (Å²) in [5, 5.41) is 0.674. The summed E-state index contributed by atoms with van der Waals surface area (Å²) in [6.07, 6.45) is 6.10. The fourth-order valence-corrected chi connectivity index (χ4v) is 6.99. The minimum Gasteiger partial charge on any atom is -0.326 e. The van der Waals surface area contributed by atoms with E-state index in [1.165, 1.54) is 11.3 Å². The highest BCUT2D eigenvalue weighted by atomic mass is 79.9. The molecule has 0 aromatic carbocycles. The number of sulfonamides is 1. The van der Waals surface area contributed by atoms with Gasteiger partial charge in [-0.1, -0.05) is 0 Å². The van der Waals surface area contributed by atoms with Crippen molar-refractivity contribution in [2.75, 3.05) is 6.26 Å². The molecule has 114 valence electrons. The Bertz CT molecular complexity index is 551. The third-order valence-electron chi connectivity index (χ3n) is 3.53. The van der Waals surface area contributed by atoms with Crippen molar-refractivity contribution in [3.63, 3.8) is 0 Å². The summed E-state index contributed by atoms with van der Waals surface area (Å²) in [6.45, 7) is 0.359. The van der Waals surface area contributed by atoms with Crippen molar-refractivity contribution in [3.05, 3.63) is 14.7 Å². The molecule has 0 atom stereocenters. The maximum absolute atomic E-state index is 12.4. The zero-order chi connectivity index (χ0) is 14.8. The molecule has 1 aliphatic rings. The molecular formula is C12H19BrN2O2S3. The molecule has 0 aliphatic heterocycles. The number of nitrogens with two attached hydrogens (primary N) is 1. The third-order valence-corrected chi connectivity index (χ3v) is 8.46. The number of halogens is 1. The Morgan fingerprint density at radius 2 is 2.10 bits per heavy atom. The lowest BCUT2D eigenvalue weighted by Gasteiger charge is -2.27. The molecule has 0 bridgehead atoms. The summed E-state index contributed by atoms with van der Waals surface area (Å²) in [6, 6.07) is 1.71. The quantitative estimate of drug-likeness (QED) is 0.799. The SMILES string of the molecule is CSC1CCC(NS(=O)(=O)c2cc(CN)sc2Br)CC1. The molecule has 0 radical (unpaired) electrons. The van der Waals surface area contributed by atoms with Crippen LogP contribution in [-0.2, 0) is 16.6 Å². The van der Waals surface area contributed by atoms with Crippen molar-refractivity contribution in [2.24, 2.45) is 5.73 Å². The highest BCUT2D eigenvalue weighted by molar-refractivity contribution is 9.11. The lowest BCUT2D eigenvalue weighted by atomic mass is 9.96. The number of rotatable bonds is 5. The average Bonchev–Trinajstić information content (AvgIpc) is 2.81. The first kappa shape index (κ1) is 16.8. The molecule has 1 aliphatic carbocycles. The van der Waals surface area contributed by atoms with Crippen LogP contribution in [0.3, 0.4) is 0 Å². The van der Waals surface area contributed by atoms with Gasteiger partial charge in [-0.05, 0) is 53.9 Å². The van der Waals surface area contributed by atoms with Crippen LogP contribution in [0.25, 0.3) is 0 Å². The molecule has 1 aromatic rings.